The van der Waals surface area contributed by atoms with Gasteiger partial charge in [-0.15, -0.1) is 0 Å². The Morgan fingerprint density at radius 2 is 1.78 bits per heavy atom. The lowest BCUT2D eigenvalue weighted by Crippen LogP contribution is -2.31. The van der Waals surface area contributed by atoms with Crippen LogP contribution in [-0.2, 0) is 7.05 Å². The van der Waals surface area contributed by atoms with Crippen LogP contribution in [0.2, 0.25) is 0 Å². The monoisotopic (exact) mass is 500 g/mol. The van der Waals surface area contributed by atoms with Crippen molar-refractivity contribution in [2.45, 2.75) is 37.8 Å². The number of rotatable bonds is 6. The van der Waals surface area contributed by atoms with Crippen LogP contribution in [0, 0.1) is 11.6 Å². The Bertz CT molecular complexity index is 1540. The quantitative estimate of drug-likeness (QED) is 0.314. The second-order valence-corrected chi connectivity index (χ2v) is 9.37. The maximum absolute atomic E-state index is 14.0. The first-order valence-electron chi connectivity index (χ1n) is 12.4. The van der Waals surface area contributed by atoms with Crippen LogP contribution in [-0.4, -0.2) is 36.7 Å². The summed E-state index contributed by atoms with van der Waals surface area (Å²) < 4.78 is 36.9. The van der Waals surface area contributed by atoms with Gasteiger partial charge in [0.1, 0.15) is 11.5 Å². The first kappa shape index (κ1) is 23.1. The van der Waals surface area contributed by atoms with Crippen LogP contribution in [0.1, 0.15) is 25.7 Å². The molecular weight excluding hydrogens is 474 g/mol. The van der Waals surface area contributed by atoms with Gasteiger partial charge in [0.2, 0.25) is 5.82 Å². The van der Waals surface area contributed by atoms with Gasteiger partial charge in [0, 0.05) is 42.5 Å². The van der Waals surface area contributed by atoms with Crippen molar-refractivity contribution in [2.24, 2.45) is 7.05 Å². The number of aryl methyl sites for hydroxylation is 1. The summed E-state index contributed by atoms with van der Waals surface area (Å²) in [4.78, 5) is 4.69. The summed E-state index contributed by atoms with van der Waals surface area (Å²) in [6, 6.07) is 16.3. The van der Waals surface area contributed by atoms with E-state index in [2.05, 4.69) is 10.4 Å². The molecule has 0 saturated heterocycles. The zero-order chi connectivity index (χ0) is 25.4. The Balaban J connectivity index is 1.22. The van der Waals surface area contributed by atoms with Crippen LogP contribution in [0.5, 0.6) is 5.75 Å². The van der Waals surface area contributed by atoms with E-state index in [1.54, 1.807) is 10.9 Å². The van der Waals surface area contributed by atoms with E-state index >= 15 is 0 Å². The predicted molar refractivity (Wildman–Crippen MR) is 138 cm³/mol. The molecule has 188 valence electrons. The topological polar surface area (TPSA) is 69.8 Å². The smallest absolute Gasteiger partial charge is 0.200 e. The fourth-order valence-corrected chi connectivity index (χ4v) is 4.90. The van der Waals surface area contributed by atoms with Crippen LogP contribution in [0.3, 0.4) is 0 Å². The standard InChI is InChI=1S/C28H26F2N6O/c1-35-17-18(15-32-35)28-22-16-31-26(14-24(22)36(34-28)20-6-3-2-4-7-20)33-19-10-12-21(13-11-19)37-25-9-5-8-23(29)27(25)30/h2-9,14-17,19,21H,10-13H2,1H3,(H,31,33). The van der Waals surface area contributed by atoms with E-state index in [1.807, 2.05) is 60.5 Å². The van der Waals surface area contributed by atoms with Gasteiger partial charge in [-0.2, -0.15) is 14.6 Å². The third kappa shape index (κ3) is 4.64. The molecule has 7 nitrogen and oxygen atoms in total. The van der Waals surface area contributed by atoms with Crippen LogP contribution in [0.4, 0.5) is 14.6 Å². The van der Waals surface area contributed by atoms with Gasteiger partial charge in [-0.05, 0) is 49.9 Å². The van der Waals surface area contributed by atoms with Crippen LogP contribution >= 0.6 is 0 Å². The molecule has 0 atom stereocenters. The number of halogens is 2. The molecule has 0 spiro atoms. The maximum Gasteiger partial charge on any atom is 0.200 e. The van der Waals surface area contributed by atoms with Gasteiger partial charge in [-0.25, -0.2) is 14.1 Å². The fourth-order valence-electron chi connectivity index (χ4n) is 4.90. The molecule has 3 heterocycles. The van der Waals surface area contributed by atoms with Crippen molar-refractivity contribution in [1.29, 1.82) is 0 Å². The lowest BCUT2D eigenvalue weighted by molar-refractivity contribution is 0.142. The third-order valence-electron chi connectivity index (χ3n) is 6.78. The summed E-state index contributed by atoms with van der Waals surface area (Å²) in [5, 5.41) is 13.7. The molecule has 0 unspecified atom stereocenters. The number of nitrogens with zero attached hydrogens (tertiary/aromatic N) is 5. The molecular formula is C28H26F2N6O. The molecule has 1 aliphatic rings. The maximum atomic E-state index is 14.0. The Hall–Kier alpha value is -4.27. The Morgan fingerprint density at radius 1 is 0.973 bits per heavy atom. The molecule has 6 rings (SSSR count). The Labute approximate surface area is 212 Å². The second-order valence-electron chi connectivity index (χ2n) is 9.37. The fraction of sp³-hybridized carbons (Fsp3) is 0.250. The van der Waals surface area contributed by atoms with E-state index < -0.39 is 11.6 Å². The van der Waals surface area contributed by atoms with E-state index in [0.29, 0.717) is 0 Å². The Kier molecular flexibility index (Phi) is 6.04. The van der Waals surface area contributed by atoms with Crippen molar-refractivity contribution in [3.8, 4) is 22.7 Å². The first-order chi connectivity index (χ1) is 18.0. The number of ether oxygens (including phenoxy) is 1. The van der Waals surface area contributed by atoms with Gasteiger partial charge in [0.25, 0.3) is 0 Å². The summed E-state index contributed by atoms with van der Waals surface area (Å²) in [5.41, 5.74) is 3.66. The number of para-hydroxylation sites is 1. The highest BCUT2D eigenvalue weighted by Crippen LogP contribution is 2.32. The SMILES string of the molecule is Cn1cc(-c2nn(-c3ccccc3)c3cc(NC4CCC(Oc5cccc(F)c5F)CC4)ncc23)cn1. The van der Waals surface area contributed by atoms with E-state index in [4.69, 9.17) is 14.8 Å². The Morgan fingerprint density at radius 3 is 2.54 bits per heavy atom. The molecule has 37 heavy (non-hydrogen) atoms. The average molecular weight is 501 g/mol. The van der Waals surface area contributed by atoms with Gasteiger partial charge < -0.3 is 10.1 Å². The molecule has 9 heteroatoms. The van der Waals surface area contributed by atoms with E-state index in [-0.39, 0.29) is 17.9 Å². The van der Waals surface area contributed by atoms with Crippen molar-refractivity contribution >= 4 is 16.7 Å². The first-order valence-corrected chi connectivity index (χ1v) is 12.4. The molecule has 0 radical (unpaired) electrons. The number of hydrogen-bond donors (Lipinski definition) is 1. The second kappa shape index (κ2) is 9.65. The molecule has 0 amide bonds. The highest BCUT2D eigenvalue weighted by atomic mass is 19.2. The lowest BCUT2D eigenvalue weighted by atomic mass is 9.93. The summed E-state index contributed by atoms with van der Waals surface area (Å²) in [6.07, 6.45) is 8.60. The molecule has 1 aliphatic carbocycles. The molecule has 1 fully saturated rings. The highest BCUT2D eigenvalue weighted by Gasteiger charge is 2.24. The summed E-state index contributed by atoms with van der Waals surface area (Å²) in [5.74, 6) is -1.08. The van der Waals surface area contributed by atoms with Crippen molar-refractivity contribution in [3.63, 3.8) is 0 Å². The molecule has 1 saturated carbocycles. The number of hydrogen-bond acceptors (Lipinski definition) is 5. The zero-order valence-corrected chi connectivity index (χ0v) is 20.3. The van der Waals surface area contributed by atoms with Gasteiger partial charge in [-0.3, -0.25) is 4.68 Å². The molecule has 5 aromatic rings. The molecule has 3 aromatic heterocycles. The van der Waals surface area contributed by atoms with Gasteiger partial charge in [0.15, 0.2) is 11.6 Å². The summed E-state index contributed by atoms with van der Waals surface area (Å²) >= 11 is 0. The summed E-state index contributed by atoms with van der Waals surface area (Å²) in [7, 11) is 1.88. The number of fused-ring (bicyclic) bond motifs is 1. The van der Waals surface area contributed by atoms with Crippen LogP contribution in [0.15, 0.2) is 73.2 Å². The number of nitrogens with one attached hydrogen (secondary N) is 1. The minimum atomic E-state index is -0.930. The molecule has 0 bridgehead atoms. The average Bonchev–Trinajstić information content (AvgIpc) is 3.51. The normalized spacial score (nSPS) is 17.7. The highest BCUT2D eigenvalue weighted by molar-refractivity contribution is 5.94. The van der Waals surface area contributed by atoms with Crippen molar-refractivity contribution in [3.05, 3.63) is 84.8 Å². The van der Waals surface area contributed by atoms with Crippen molar-refractivity contribution in [2.75, 3.05) is 5.32 Å². The number of aromatic nitrogens is 5. The van der Waals surface area contributed by atoms with Gasteiger partial charge in [0.05, 0.1) is 23.5 Å². The van der Waals surface area contributed by atoms with Crippen molar-refractivity contribution in [1.82, 2.24) is 24.5 Å². The third-order valence-corrected chi connectivity index (χ3v) is 6.78. The van der Waals surface area contributed by atoms with Crippen LogP contribution in [0.25, 0.3) is 27.8 Å². The zero-order valence-electron chi connectivity index (χ0n) is 20.3. The lowest BCUT2D eigenvalue weighted by Gasteiger charge is -2.30. The predicted octanol–water partition coefficient (Wildman–Crippen LogP) is 5.90. The van der Waals surface area contributed by atoms with Gasteiger partial charge >= 0.3 is 0 Å². The number of benzene rings is 2. The van der Waals surface area contributed by atoms with E-state index in [9.17, 15) is 8.78 Å². The molecule has 1 N–H and O–H groups in total. The molecule has 0 aliphatic heterocycles. The number of anilines is 1. The minimum absolute atomic E-state index is 0.0258. The van der Waals surface area contributed by atoms with E-state index in [0.717, 1.165) is 65.4 Å². The minimum Gasteiger partial charge on any atom is -0.487 e. The largest absolute Gasteiger partial charge is 0.487 e. The number of pyridine rings is 1. The molecule has 2 aromatic carbocycles. The van der Waals surface area contributed by atoms with Crippen LogP contribution < -0.4 is 10.1 Å². The van der Waals surface area contributed by atoms with E-state index in [1.165, 1.54) is 12.1 Å². The van der Waals surface area contributed by atoms with Gasteiger partial charge in [-0.1, -0.05) is 24.3 Å². The summed E-state index contributed by atoms with van der Waals surface area (Å²) in [6.45, 7) is 0. The van der Waals surface area contributed by atoms with Crippen molar-refractivity contribution < 1.29 is 13.5 Å².